The topological polar surface area (TPSA) is 151 Å². The molecule has 0 aliphatic carbocycles. The number of carbonyl (C=O) groups excluding carboxylic acids is 1. The van der Waals surface area contributed by atoms with Gasteiger partial charge in [0.05, 0.1) is 37.9 Å². The molecule has 0 aliphatic heterocycles. The van der Waals surface area contributed by atoms with Gasteiger partial charge in [-0.3, -0.25) is 13.8 Å². The fourth-order valence-corrected chi connectivity index (χ4v) is 7.12. The van der Waals surface area contributed by atoms with Gasteiger partial charge in [0.15, 0.2) is 0 Å². The molecular formula is C39H81N2O7P. The Morgan fingerprint density at radius 1 is 0.612 bits per heavy atom. The van der Waals surface area contributed by atoms with E-state index in [2.05, 4.69) is 19.2 Å². The molecule has 0 heterocycles. The Hall–Kier alpha value is -0.540. The van der Waals surface area contributed by atoms with Gasteiger partial charge in [0, 0.05) is 6.54 Å². The highest BCUT2D eigenvalue weighted by atomic mass is 31.2. The van der Waals surface area contributed by atoms with Crippen molar-refractivity contribution in [1.82, 2.24) is 5.32 Å². The lowest BCUT2D eigenvalue weighted by molar-refractivity contribution is -0.125. The molecule has 6 N–H and O–H groups in total. The predicted octanol–water partition coefficient (Wildman–Crippen LogP) is 10.0. The van der Waals surface area contributed by atoms with Crippen LogP contribution in [0.5, 0.6) is 0 Å². The van der Waals surface area contributed by atoms with Gasteiger partial charge in [0.25, 0.3) is 0 Å². The van der Waals surface area contributed by atoms with E-state index >= 15 is 0 Å². The Morgan fingerprint density at radius 2 is 0.980 bits per heavy atom. The Kier molecular flexibility index (Phi) is 35.4. The summed E-state index contributed by atoms with van der Waals surface area (Å²) < 4.78 is 22.1. The number of nitrogens with one attached hydrogen (secondary N) is 1. The summed E-state index contributed by atoms with van der Waals surface area (Å²) in [6.45, 7) is 4.04. The van der Waals surface area contributed by atoms with Gasteiger partial charge in [-0.1, -0.05) is 187 Å². The number of phosphoric acid groups is 1. The van der Waals surface area contributed by atoms with Crippen LogP contribution in [0.25, 0.3) is 0 Å². The van der Waals surface area contributed by atoms with E-state index in [0.29, 0.717) is 12.8 Å². The van der Waals surface area contributed by atoms with E-state index in [0.717, 1.165) is 38.5 Å². The third kappa shape index (κ3) is 34.3. The smallest absolute Gasteiger partial charge is 0.393 e. The summed E-state index contributed by atoms with van der Waals surface area (Å²) in [7, 11) is -4.36. The van der Waals surface area contributed by atoms with Crippen LogP contribution in [-0.4, -0.2) is 59.0 Å². The predicted molar refractivity (Wildman–Crippen MR) is 205 cm³/mol. The largest absolute Gasteiger partial charge is 0.472 e. The Balaban J connectivity index is 4.24. The van der Waals surface area contributed by atoms with Crippen LogP contribution in [0.4, 0.5) is 0 Å². The second kappa shape index (κ2) is 35.8. The summed E-state index contributed by atoms with van der Waals surface area (Å²) in [5.41, 5.74) is 5.35. The fourth-order valence-electron chi connectivity index (χ4n) is 6.36. The average molecular weight is 721 g/mol. The zero-order valence-corrected chi connectivity index (χ0v) is 33.0. The van der Waals surface area contributed by atoms with Gasteiger partial charge in [-0.15, -0.1) is 0 Å². The zero-order valence-electron chi connectivity index (χ0n) is 32.1. The third-order valence-electron chi connectivity index (χ3n) is 9.52. The normalized spacial score (nSPS) is 14.8. The van der Waals surface area contributed by atoms with Crippen LogP contribution in [0.15, 0.2) is 0 Å². The minimum absolute atomic E-state index is 0.0623. The summed E-state index contributed by atoms with van der Waals surface area (Å²) in [6.07, 6.45) is 32.9. The molecular weight excluding hydrogens is 639 g/mol. The molecule has 0 aromatic heterocycles. The van der Waals surface area contributed by atoms with Crippen LogP contribution in [0.1, 0.15) is 206 Å². The molecule has 0 saturated carbocycles. The Bertz CT molecular complexity index is 761. The van der Waals surface area contributed by atoms with Crippen molar-refractivity contribution in [3.63, 3.8) is 0 Å². The molecule has 0 saturated heterocycles. The van der Waals surface area contributed by atoms with Crippen molar-refractivity contribution in [2.45, 2.75) is 225 Å². The lowest BCUT2D eigenvalue weighted by Crippen LogP contribution is -2.47. The van der Waals surface area contributed by atoms with Crippen LogP contribution < -0.4 is 11.1 Å². The fraction of sp³-hybridized carbons (Fsp3) is 0.974. The minimum Gasteiger partial charge on any atom is -0.393 e. The second-order valence-electron chi connectivity index (χ2n) is 14.4. The first-order valence-corrected chi connectivity index (χ1v) is 22.2. The first-order valence-electron chi connectivity index (χ1n) is 20.7. The maximum atomic E-state index is 12.8. The minimum atomic E-state index is -4.36. The van der Waals surface area contributed by atoms with Crippen molar-refractivity contribution < 1.29 is 33.5 Å². The molecule has 0 bridgehead atoms. The van der Waals surface area contributed by atoms with Crippen LogP contribution in [-0.2, 0) is 18.4 Å². The SMILES string of the molecule is CCCCCCCCCCCCCCCCCCC(O)CC(=O)NC(COP(=O)(O)OCCN)C(O)CCCCCCCCCCCCC. The number of unbranched alkanes of at least 4 members (excludes halogenated alkanes) is 25. The van der Waals surface area contributed by atoms with Gasteiger partial charge in [-0.25, -0.2) is 4.57 Å². The van der Waals surface area contributed by atoms with Crippen LogP contribution in [0, 0.1) is 0 Å². The number of phosphoric ester groups is 1. The zero-order chi connectivity index (χ0) is 36.3. The second-order valence-corrected chi connectivity index (χ2v) is 15.9. The summed E-state index contributed by atoms with van der Waals surface area (Å²) in [5, 5.41) is 24.1. The molecule has 0 aromatic carbocycles. The summed E-state index contributed by atoms with van der Waals surface area (Å²) >= 11 is 0. The van der Waals surface area contributed by atoms with Gasteiger partial charge >= 0.3 is 7.82 Å². The molecule has 0 radical (unpaired) electrons. The first kappa shape index (κ1) is 48.5. The van der Waals surface area contributed by atoms with Crippen molar-refractivity contribution in [1.29, 1.82) is 0 Å². The van der Waals surface area contributed by atoms with E-state index in [-0.39, 0.29) is 26.2 Å². The lowest BCUT2D eigenvalue weighted by Gasteiger charge is -2.25. The summed E-state index contributed by atoms with van der Waals surface area (Å²) in [5.74, 6) is -0.411. The highest BCUT2D eigenvalue weighted by Crippen LogP contribution is 2.43. The standard InChI is InChI=1S/C39H81N2O7P/c1-3-5-7-9-11-13-15-16-17-18-19-21-22-24-26-28-30-36(42)34-39(44)41-37(35-48-49(45,46)47-33-32-40)38(43)31-29-27-25-23-20-14-12-10-8-6-4-2/h36-38,42-43H,3-35,40H2,1-2H3,(H,41,44)(H,45,46). The van der Waals surface area contributed by atoms with Crippen LogP contribution >= 0.6 is 7.82 Å². The van der Waals surface area contributed by atoms with E-state index in [1.807, 2.05) is 0 Å². The third-order valence-corrected chi connectivity index (χ3v) is 10.5. The number of amides is 1. The number of aliphatic hydroxyl groups is 2. The molecule has 0 rings (SSSR count). The molecule has 0 aliphatic rings. The van der Waals surface area contributed by atoms with Crippen molar-refractivity contribution in [3.8, 4) is 0 Å². The van der Waals surface area contributed by atoms with Crippen LogP contribution in [0.3, 0.4) is 0 Å². The summed E-state index contributed by atoms with van der Waals surface area (Å²) in [6, 6.07) is -0.889. The van der Waals surface area contributed by atoms with Gasteiger partial charge in [-0.05, 0) is 12.8 Å². The van der Waals surface area contributed by atoms with Gasteiger partial charge in [-0.2, -0.15) is 0 Å². The van der Waals surface area contributed by atoms with Gasteiger partial charge in [0.2, 0.25) is 5.91 Å². The molecule has 49 heavy (non-hydrogen) atoms. The molecule has 0 aromatic rings. The highest BCUT2D eigenvalue weighted by Gasteiger charge is 2.28. The number of aliphatic hydroxyl groups excluding tert-OH is 2. The molecule has 0 fully saturated rings. The Labute approximate surface area is 302 Å². The summed E-state index contributed by atoms with van der Waals surface area (Å²) in [4.78, 5) is 22.7. The molecule has 4 atom stereocenters. The first-order chi connectivity index (χ1) is 23.8. The monoisotopic (exact) mass is 721 g/mol. The van der Waals surface area contributed by atoms with Crippen molar-refractivity contribution in [3.05, 3.63) is 0 Å². The van der Waals surface area contributed by atoms with Gasteiger partial charge < -0.3 is 26.2 Å². The maximum absolute atomic E-state index is 12.8. The van der Waals surface area contributed by atoms with Gasteiger partial charge in [0.1, 0.15) is 0 Å². The lowest BCUT2D eigenvalue weighted by atomic mass is 10.0. The quantitative estimate of drug-likeness (QED) is 0.0311. The highest BCUT2D eigenvalue weighted by molar-refractivity contribution is 7.47. The van der Waals surface area contributed by atoms with Crippen molar-refractivity contribution in [2.24, 2.45) is 5.73 Å². The van der Waals surface area contributed by atoms with Crippen molar-refractivity contribution >= 4 is 13.7 Å². The van der Waals surface area contributed by atoms with Crippen LogP contribution in [0.2, 0.25) is 0 Å². The number of nitrogens with two attached hydrogens (primary N) is 1. The number of carbonyl (C=O) groups is 1. The van der Waals surface area contributed by atoms with E-state index in [1.54, 1.807) is 0 Å². The Morgan fingerprint density at radius 3 is 1.37 bits per heavy atom. The number of rotatable bonds is 39. The van der Waals surface area contributed by atoms with E-state index in [4.69, 9.17) is 14.8 Å². The number of hydrogen-bond acceptors (Lipinski definition) is 7. The molecule has 10 heteroatoms. The average Bonchev–Trinajstić information content (AvgIpc) is 3.07. The molecule has 1 amide bonds. The number of hydrogen-bond donors (Lipinski definition) is 5. The van der Waals surface area contributed by atoms with E-state index in [9.17, 15) is 24.5 Å². The van der Waals surface area contributed by atoms with Crippen molar-refractivity contribution in [2.75, 3.05) is 19.8 Å². The molecule has 0 spiro atoms. The van der Waals surface area contributed by atoms with E-state index in [1.165, 1.54) is 135 Å². The molecule has 294 valence electrons. The molecule has 4 unspecified atom stereocenters. The van der Waals surface area contributed by atoms with E-state index < -0.39 is 32.0 Å². The molecule has 9 nitrogen and oxygen atoms in total. The maximum Gasteiger partial charge on any atom is 0.472 e.